The van der Waals surface area contributed by atoms with Crippen molar-refractivity contribution in [1.82, 2.24) is 0 Å². The predicted molar refractivity (Wildman–Crippen MR) is 106 cm³/mol. The summed E-state index contributed by atoms with van der Waals surface area (Å²) in [7, 11) is 1.18. The molecule has 1 aromatic carbocycles. The van der Waals surface area contributed by atoms with Crippen molar-refractivity contribution in [2.75, 3.05) is 20.3 Å². The Morgan fingerprint density at radius 1 is 0.862 bits per heavy atom. The van der Waals surface area contributed by atoms with Crippen molar-refractivity contribution in [2.24, 2.45) is 0 Å². The van der Waals surface area contributed by atoms with E-state index in [1.165, 1.54) is 7.11 Å². The molecule has 160 valence electrons. The summed E-state index contributed by atoms with van der Waals surface area (Å²) in [4.78, 5) is 43.8. The summed E-state index contributed by atoms with van der Waals surface area (Å²) in [6.07, 6.45) is 5.08. The molecule has 0 unspecified atom stereocenters. The summed E-state index contributed by atoms with van der Waals surface area (Å²) in [6.45, 7) is 4.78. The number of unbranched alkanes of at least 4 members (excludes halogenated alkanes) is 2. The second kappa shape index (κ2) is 15.9. The van der Waals surface area contributed by atoms with E-state index in [4.69, 9.17) is 14.6 Å². The summed E-state index contributed by atoms with van der Waals surface area (Å²) in [5.74, 6) is -2.78. The van der Waals surface area contributed by atoms with E-state index >= 15 is 0 Å². The van der Waals surface area contributed by atoms with Gasteiger partial charge in [-0.2, -0.15) is 0 Å². The van der Waals surface area contributed by atoms with Crippen LogP contribution in [0.4, 0.5) is 0 Å². The number of ether oxygens (including phenoxy) is 3. The minimum absolute atomic E-state index is 0.269. The average molecular weight is 408 g/mol. The molecule has 0 amide bonds. The molecule has 0 heterocycles. The molecule has 1 N–H and O–H groups in total. The quantitative estimate of drug-likeness (QED) is 0.271. The van der Waals surface area contributed by atoms with Gasteiger partial charge in [0.1, 0.15) is 0 Å². The fourth-order valence-corrected chi connectivity index (χ4v) is 1.82. The maximum Gasteiger partial charge on any atom is 0.339 e. The summed E-state index contributed by atoms with van der Waals surface area (Å²) >= 11 is 0. The Morgan fingerprint density at radius 3 is 1.66 bits per heavy atom. The zero-order valence-electron chi connectivity index (χ0n) is 17.0. The first-order valence-electron chi connectivity index (χ1n) is 9.29. The van der Waals surface area contributed by atoms with Gasteiger partial charge >= 0.3 is 23.9 Å². The van der Waals surface area contributed by atoms with Crippen molar-refractivity contribution in [3.63, 3.8) is 0 Å². The number of carbonyl (C=O) groups is 4. The smallest absolute Gasteiger partial charge is 0.339 e. The topological polar surface area (TPSA) is 116 Å². The lowest BCUT2D eigenvalue weighted by Crippen LogP contribution is -2.14. The first-order valence-corrected chi connectivity index (χ1v) is 9.29. The van der Waals surface area contributed by atoms with Gasteiger partial charge in [0, 0.05) is 12.2 Å². The van der Waals surface area contributed by atoms with Gasteiger partial charge < -0.3 is 19.3 Å². The zero-order chi connectivity index (χ0) is 22.1. The van der Waals surface area contributed by atoms with E-state index in [0.717, 1.165) is 31.8 Å². The summed E-state index contributed by atoms with van der Waals surface area (Å²) in [6, 6.07) is 6.59. The van der Waals surface area contributed by atoms with Crippen LogP contribution in [-0.2, 0) is 23.8 Å². The molecular weight excluding hydrogens is 380 g/mol. The molecule has 0 radical (unpaired) electrons. The van der Waals surface area contributed by atoms with Crippen LogP contribution in [0.5, 0.6) is 0 Å². The van der Waals surface area contributed by atoms with Gasteiger partial charge in [-0.25, -0.2) is 19.2 Å². The molecular formula is C21H28O8. The van der Waals surface area contributed by atoms with E-state index in [2.05, 4.69) is 4.74 Å². The lowest BCUT2D eigenvalue weighted by atomic mass is 10.1. The highest BCUT2D eigenvalue weighted by Crippen LogP contribution is 2.12. The van der Waals surface area contributed by atoms with Crippen LogP contribution < -0.4 is 0 Å². The van der Waals surface area contributed by atoms with Crippen molar-refractivity contribution in [3.05, 3.63) is 47.5 Å². The molecule has 0 saturated carbocycles. The maximum atomic E-state index is 11.9. The molecule has 8 heteroatoms. The van der Waals surface area contributed by atoms with Gasteiger partial charge in [-0.05, 0) is 25.0 Å². The normalized spacial score (nSPS) is 9.90. The van der Waals surface area contributed by atoms with Gasteiger partial charge in [0.25, 0.3) is 0 Å². The highest BCUT2D eigenvalue weighted by molar-refractivity contribution is 6.03. The van der Waals surface area contributed by atoms with Crippen LogP contribution in [0.15, 0.2) is 36.4 Å². The van der Waals surface area contributed by atoms with Crippen molar-refractivity contribution in [2.45, 2.75) is 39.5 Å². The molecule has 8 nitrogen and oxygen atoms in total. The Balaban J connectivity index is 0.000000734. The van der Waals surface area contributed by atoms with Crippen LogP contribution in [0.25, 0.3) is 0 Å². The molecule has 0 aliphatic heterocycles. The predicted octanol–water partition coefficient (Wildman–Crippen LogP) is 3.40. The molecule has 0 atom stereocenters. The third kappa shape index (κ3) is 12.0. The summed E-state index contributed by atoms with van der Waals surface area (Å²) < 4.78 is 14.4. The lowest BCUT2D eigenvalue weighted by molar-refractivity contribution is -0.136. The van der Waals surface area contributed by atoms with Crippen molar-refractivity contribution >= 4 is 23.9 Å². The van der Waals surface area contributed by atoms with Crippen LogP contribution in [0.2, 0.25) is 0 Å². The zero-order valence-corrected chi connectivity index (χ0v) is 17.0. The van der Waals surface area contributed by atoms with Gasteiger partial charge in [-0.3, -0.25) is 0 Å². The van der Waals surface area contributed by atoms with Crippen molar-refractivity contribution in [1.29, 1.82) is 0 Å². The molecule has 0 aliphatic rings. The Kier molecular flexibility index (Phi) is 14.1. The Bertz CT molecular complexity index is 653. The first kappa shape index (κ1) is 25.8. The number of hydrogen-bond acceptors (Lipinski definition) is 7. The highest BCUT2D eigenvalue weighted by Gasteiger charge is 2.18. The summed E-state index contributed by atoms with van der Waals surface area (Å²) in [5.41, 5.74) is 0.537. The summed E-state index contributed by atoms with van der Waals surface area (Å²) in [5, 5.41) is 7.96. The van der Waals surface area contributed by atoms with Gasteiger partial charge in [0.05, 0.1) is 31.5 Å². The fraction of sp³-hybridized carbons (Fsp3) is 0.429. The molecule has 1 rings (SSSR count). The number of carbonyl (C=O) groups excluding carboxylic acids is 3. The molecule has 0 spiro atoms. The second-order valence-electron chi connectivity index (χ2n) is 5.72. The number of carboxylic acids is 1. The van der Waals surface area contributed by atoms with Gasteiger partial charge in [0.15, 0.2) is 0 Å². The minimum atomic E-state index is -1.17. The van der Waals surface area contributed by atoms with E-state index in [-0.39, 0.29) is 11.1 Å². The Hall–Kier alpha value is -3.16. The van der Waals surface area contributed by atoms with Crippen LogP contribution in [-0.4, -0.2) is 49.3 Å². The van der Waals surface area contributed by atoms with Crippen molar-refractivity contribution in [3.8, 4) is 0 Å². The van der Waals surface area contributed by atoms with Gasteiger partial charge in [0.2, 0.25) is 0 Å². The van der Waals surface area contributed by atoms with Crippen LogP contribution in [0.1, 0.15) is 60.2 Å². The number of rotatable bonds is 10. The number of aliphatic carboxylic acids is 1. The molecule has 0 aliphatic carbocycles. The number of hydrogen-bond donors (Lipinski definition) is 1. The average Bonchev–Trinajstić information content (AvgIpc) is 2.72. The highest BCUT2D eigenvalue weighted by atomic mass is 16.5. The van der Waals surface area contributed by atoms with Crippen LogP contribution >= 0.6 is 0 Å². The first-order chi connectivity index (χ1) is 13.9. The number of esters is 3. The van der Waals surface area contributed by atoms with Crippen molar-refractivity contribution < 1.29 is 38.5 Å². The number of methoxy groups -OCH3 is 1. The van der Waals surface area contributed by atoms with Gasteiger partial charge in [-0.1, -0.05) is 38.8 Å². The maximum absolute atomic E-state index is 11.9. The Labute approximate surface area is 170 Å². The van der Waals surface area contributed by atoms with Gasteiger partial charge in [-0.15, -0.1) is 0 Å². The fourth-order valence-electron chi connectivity index (χ4n) is 1.82. The Morgan fingerprint density at radius 2 is 1.31 bits per heavy atom. The number of benzene rings is 1. The standard InChI is InChI=1S/C16H22O4.C5H6O4/c1-3-5-11-19-15(17)13-9-7-8-10-14(13)16(18)20-12-6-4-2;1-9-5(8)3-2-4(6)7/h7-10H,3-6,11-12H2,1-2H3;2-3H,1H3,(H,6,7)/b;3-2+. The molecule has 0 aromatic heterocycles. The minimum Gasteiger partial charge on any atom is -0.478 e. The van der Waals surface area contributed by atoms with E-state index in [1.54, 1.807) is 24.3 Å². The van der Waals surface area contributed by atoms with Crippen LogP contribution in [0.3, 0.4) is 0 Å². The SMILES string of the molecule is CCCCOC(=O)c1ccccc1C(=O)OCCCC.COC(=O)/C=C/C(=O)O. The second-order valence-corrected chi connectivity index (χ2v) is 5.72. The molecule has 0 fully saturated rings. The molecule has 0 saturated heterocycles. The third-order valence-corrected chi connectivity index (χ3v) is 3.39. The third-order valence-electron chi connectivity index (χ3n) is 3.39. The molecule has 0 bridgehead atoms. The monoisotopic (exact) mass is 408 g/mol. The van der Waals surface area contributed by atoms with Crippen LogP contribution in [0, 0.1) is 0 Å². The molecule has 29 heavy (non-hydrogen) atoms. The molecule has 1 aromatic rings. The lowest BCUT2D eigenvalue weighted by Gasteiger charge is -2.09. The van der Waals surface area contributed by atoms with E-state index < -0.39 is 23.9 Å². The van der Waals surface area contributed by atoms with E-state index in [9.17, 15) is 19.2 Å². The largest absolute Gasteiger partial charge is 0.478 e. The van der Waals surface area contributed by atoms with E-state index in [1.807, 2.05) is 13.8 Å². The number of carboxylic acid groups (broad SMARTS) is 1. The van der Waals surface area contributed by atoms with E-state index in [0.29, 0.717) is 19.3 Å².